The summed E-state index contributed by atoms with van der Waals surface area (Å²) in [6.07, 6.45) is -9.52. The van der Waals surface area contributed by atoms with Crippen molar-refractivity contribution in [3.05, 3.63) is 12.2 Å². The summed E-state index contributed by atoms with van der Waals surface area (Å²) in [6.45, 7) is 10.9. The zero-order valence-corrected chi connectivity index (χ0v) is 16.5. The molecule has 0 bridgehead atoms. The lowest BCUT2D eigenvalue weighted by molar-refractivity contribution is -0.252. The molecule has 3 fully saturated rings. The molecule has 4 rings (SSSR count). The lowest BCUT2D eigenvalue weighted by atomic mass is 10.0. The van der Waals surface area contributed by atoms with Gasteiger partial charge in [-0.3, -0.25) is 0 Å². The Bertz CT molecular complexity index is 708. The van der Waals surface area contributed by atoms with E-state index in [1.54, 1.807) is 27.7 Å². The van der Waals surface area contributed by atoms with Crippen LogP contribution in [-0.2, 0) is 33.3 Å². The lowest BCUT2D eigenvalue weighted by Gasteiger charge is -2.32. The van der Waals surface area contributed by atoms with Crippen LogP contribution in [0.25, 0.3) is 0 Å². The molecular formula is C18H24F3NO7. The number of nitrogens with zero attached hydrogens (tertiary/aromatic N) is 1. The average Bonchev–Trinajstić information content (AvgIpc) is 3.18. The normalized spacial score (nSPS) is 41.2. The molecule has 3 saturated heterocycles. The van der Waals surface area contributed by atoms with E-state index in [4.69, 9.17) is 33.3 Å². The number of ether oxygens (including phenoxy) is 6. The van der Waals surface area contributed by atoms with Crippen LogP contribution in [-0.4, -0.2) is 67.1 Å². The predicted molar refractivity (Wildman–Crippen MR) is 90.6 cm³/mol. The maximum Gasteiger partial charge on any atom is 0.433 e. The molecular weight excluding hydrogens is 399 g/mol. The van der Waals surface area contributed by atoms with Crippen molar-refractivity contribution in [3.63, 3.8) is 0 Å². The van der Waals surface area contributed by atoms with Gasteiger partial charge in [0.1, 0.15) is 24.4 Å². The van der Waals surface area contributed by atoms with Crippen molar-refractivity contribution in [2.45, 2.75) is 88.9 Å². The van der Waals surface area contributed by atoms with E-state index in [0.717, 1.165) is 0 Å². The second-order valence-corrected chi connectivity index (χ2v) is 8.35. The first-order valence-corrected chi connectivity index (χ1v) is 9.30. The zero-order chi connectivity index (χ0) is 21.2. The molecule has 0 amide bonds. The number of alkyl halides is 3. The second-order valence-electron chi connectivity index (χ2n) is 8.35. The monoisotopic (exact) mass is 423 g/mol. The van der Waals surface area contributed by atoms with Crippen LogP contribution in [0.3, 0.4) is 0 Å². The number of hydrogen-bond acceptors (Lipinski definition) is 8. The van der Waals surface area contributed by atoms with Crippen molar-refractivity contribution in [1.29, 1.82) is 0 Å². The molecule has 4 heterocycles. The molecule has 0 N–H and O–H groups in total. The van der Waals surface area contributed by atoms with Gasteiger partial charge in [0.05, 0.1) is 6.61 Å². The largest absolute Gasteiger partial charge is 0.433 e. The van der Waals surface area contributed by atoms with Crippen LogP contribution in [0.2, 0.25) is 0 Å². The highest BCUT2D eigenvalue weighted by Gasteiger charge is 2.60. The fourth-order valence-electron chi connectivity index (χ4n) is 3.77. The molecule has 0 aromatic heterocycles. The first-order chi connectivity index (χ1) is 13.3. The summed E-state index contributed by atoms with van der Waals surface area (Å²) in [5.41, 5.74) is -0.966. The molecule has 0 aliphatic carbocycles. The Kier molecular flexibility index (Phi) is 4.99. The van der Waals surface area contributed by atoms with Crippen LogP contribution in [0.4, 0.5) is 13.2 Å². The topological polar surface area (TPSA) is 77.0 Å². The first-order valence-electron chi connectivity index (χ1n) is 9.30. The van der Waals surface area contributed by atoms with Crippen molar-refractivity contribution >= 4 is 5.71 Å². The van der Waals surface area contributed by atoms with Crippen molar-refractivity contribution in [1.82, 2.24) is 0 Å². The van der Waals surface area contributed by atoms with Gasteiger partial charge in [0.25, 0.3) is 0 Å². The predicted octanol–water partition coefficient (Wildman–Crippen LogP) is 2.62. The van der Waals surface area contributed by atoms with E-state index in [-0.39, 0.29) is 12.2 Å². The third kappa shape index (κ3) is 4.17. The fourth-order valence-corrected chi connectivity index (χ4v) is 3.77. The average molecular weight is 423 g/mol. The fraction of sp³-hybridized carbons (Fsp3) is 0.833. The number of hydrogen-bond donors (Lipinski definition) is 0. The molecule has 164 valence electrons. The lowest BCUT2D eigenvalue weighted by Crippen LogP contribution is -2.47. The van der Waals surface area contributed by atoms with Crippen LogP contribution in [0.1, 0.15) is 34.1 Å². The maximum atomic E-state index is 12.9. The number of oxime groups is 1. The van der Waals surface area contributed by atoms with Gasteiger partial charge in [0.2, 0.25) is 6.29 Å². The van der Waals surface area contributed by atoms with Crippen molar-refractivity contribution in [2.75, 3.05) is 6.61 Å². The molecule has 0 unspecified atom stereocenters. The molecule has 0 saturated carbocycles. The minimum absolute atomic E-state index is 0.0941. The molecule has 29 heavy (non-hydrogen) atoms. The highest BCUT2D eigenvalue weighted by molar-refractivity contribution is 5.91. The number of halogens is 3. The van der Waals surface area contributed by atoms with Gasteiger partial charge >= 0.3 is 6.18 Å². The van der Waals surface area contributed by atoms with E-state index in [1.807, 2.05) is 0 Å². The Morgan fingerprint density at radius 1 is 1.07 bits per heavy atom. The molecule has 4 aliphatic rings. The summed E-state index contributed by atoms with van der Waals surface area (Å²) >= 11 is 0. The summed E-state index contributed by atoms with van der Waals surface area (Å²) in [7, 11) is 0. The number of fused-ring (bicyclic) bond motifs is 1. The van der Waals surface area contributed by atoms with Gasteiger partial charge in [0, 0.05) is 6.42 Å². The third-order valence-electron chi connectivity index (χ3n) is 5.02. The van der Waals surface area contributed by atoms with Crippen LogP contribution in [0.5, 0.6) is 0 Å². The van der Waals surface area contributed by atoms with Crippen LogP contribution in [0.15, 0.2) is 17.3 Å². The van der Waals surface area contributed by atoms with Crippen molar-refractivity contribution in [2.24, 2.45) is 5.16 Å². The molecule has 8 nitrogen and oxygen atoms in total. The van der Waals surface area contributed by atoms with Crippen LogP contribution in [0, 0.1) is 0 Å². The summed E-state index contributed by atoms with van der Waals surface area (Å²) in [6, 6.07) is 0. The highest BCUT2D eigenvalue weighted by Crippen LogP contribution is 2.43. The highest BCUT2D eigenvalue weighted by atomic mass is 19.4. The SMILES string of the molecule is C=C1CC(C(F)(F)F)=NO[C@H]1O[C@@H]1[C@H]2OC(C)(C)O[C@H]2O[C@@H]1[C@H]1COC(C)(C)O1. The van der Waals surface area contributed by atoms with Gasteiger partial charge in [-0.15, -0.1) is 0 Å². The minimum atomic E-state index is -4.59. The van der Waals surface area contributed by atoms with Gasteiger partial charge in [-0.05, 0) is 33.3 Å². The summed E-state index contributed by atoms with van der Waals surface area (Å²) in [5, 5.41) is 3.17. The Labute approximate surface area is 165 Å². The standard InChI is InChI=1S/C18H24F3NO7/c1-8-6-10(18(19,20)21)22-29-14(8)25-12-11(9-7-23-16(2,3)26-9)24-15-13(12)27-17(4,5)28-15/h9,11-15H,1,6-7H2,2-5H3/t9-,11-,12+,13-,14-,15-/m1/s1. The Morgan fingerprint density at radius 2 is 1.79 bits per heavy atom. The van der Waals surface area contributed by atoms with E-state index in [0.29, 0.717) is 0 Å². The smallest absolute Gasteiger partial charge is 0.359 e. The van der Waals surface area contributed by atoms with Crippen LogP contribution >= 0.6 is 0 Å². The minimum Gasteiger partial charge on any atom is -0.359 e. The molecule has 0 aromatic carbocycles. The zero-order valence-electron chi connectivity index (χ0n) is 16.5. The van der Waals surface area contributed by atoms with E-state index >= 15 is 0 Å². The summed E-state index contributed by atoms with van der Waals surface area (Å²) in [5.74, 6) is -1.70. The molecule has 0 aromatic rings. The van der Waals surface area contributed by atoms with Gasteiger partial charge < -0.3 is 33.3 Å². The van der Waals surface area contributed by atoms with E-state index in [1.165, 1.54) is 0 Å². The van der Waals surface area contributed by atoms with Crippen LogP contribution < -0.4 is 0 Å². The Morgan fingerprint density at radius 3 is 2.38 bits per heavy atom. The van der Waals surface area contributed by atoms with Gasteiger partial charge in [0.15, 0.2) is 23.6 Å². The first kappa shape index (κ1) is 21.0. The molecule has 0 spiro atoms. The number of rotatable bonds is 3. The quantitative estimate of drug-likeness (QED) is 0.646. The molecule has 6 atom stereocenters. The molecule has 0 radical (unpaired) electrons. The maximum absolute atomic E-state index is 12.9. The Hall–Kier alpha value is -1.24. The van der Waals surface area contributed by atoms with E-state index in [2.05, 4.69) is 11.7 Å². The second kappa shape index (κ2) is 6.89. The molecule has 4 aliphatic heterocycles. The van der Waals surface area contributed by atoms with Crippen molar-refractivity contribution < 1.29 is 46.4 Å². The molecule has 11 heteroatoms. The van der Waals surface area contributed by atoms with Crippen molar-refractivity contribution in [3.8, 4) is 0 Å². The van der Waals surface area contributed by atoms with Gasteiger partial charge in [-0.25, -0.2) is 0 Å². The summed E-state index contributed by atoms with van der Waals surface area (Å²) in [4.78, 5) is 4.97. The third-order valence-corrected chi connectivity index (χ3v) is 5.02. The van der Waals surface area contributed by atoms with Gasteiger partial charge in [-0.1, -0.05) is 11.7 Å². The van der Waals surface area contributed by atoms with Gasteiger partial charge in [-0.2, -0.15) is 13.2 Å². The Balaban J connectivity index is 1.52. The van der Waals surface area contributed by atoms with E-state index < -0.39 is 66.9 Å². The summed E-state index contributed by atoms with van der Waals surface area (Å²) < 4.78 is 73.7. The van der Waals surface area contributed by atoms with E-state index in [9.17, 15) is 13.2 Å².